The third-order valence-corrected chi connectivity index (χ3v) is 2.84. The number of nitrogens with zero attached hydrogens (tertiary/aromatic N) is 1. The van der Waals surface area contributed by atoms with Gasteiger partial charge in [-0.15, -0.1) is 0 Å². The van der Waals surface area contributed by atoms with Crippen molar-refractivity contribution in [1.82, 2.24) is 4.98 Å². The molecule has 14 heavy (non-hydrogen) atoms. The van der Waals surface area contributed by atoms with Gasteiger partial charge in [-0.3, -0.25) is 4.98 Å². The Labute approximate surface area is 85.3 Å². The van der Waals surface area contributed by atoms with Gasteiger partial charge in [0.25, 0.3) is 0 Å². The molecule has 0 amide bonds. The highest BCUT2D eigenvalue weighted by Gasteiger charge is 2.22. The van der Waals surface area contributed by atoms with Gasteiger partial charge in [0.1, 0.15) is 0 Å². The molecule has 0 unspecified atom stereocenters. The maximum Gasteiger partial charge on any atom is 0.0557 e. The second kappa shape index (κ2) is 3.70. The second-order valence-corrected chi connectivity index (χ2v) is 4.35. The molecule has 0 N–H and O–H groups in total. The second-order valence-electron chi connectivity index (χ2n) is 4.35. The van der Waals surface area contributed by atoms with E-state index in [9.17, 15) is 0 Å². The van der Waals surface area contributed by atoms with Crippen molar-refractivity contribution in [3.05, 3.63) is 29.1 Å². The number of ether oxygens (including phenoxy) is 1. The maximum atomic E-state index is 5.22. The van der Waals surface area contributed by atoms with Crippen LogP contribution in [0.2, 0.25) is 0 Å². The summed E-state index contributed by atoms with van der Waals surface area (Å²) in [6, 6.07) is 2.24. The van der Waals surface area contributed by atoms with E-state index >= 15 is 0 Å². The molecule has 0 bridgehead atoms. The normalized spacial score (nSPS) is 17.1. The fraction of sp³-hybridized carbons (Fsp3) is 0.583. The van der Waals surface area contributed by atoms with Gasteiger partial charge in [0.2, 0.25) is 0 Å². The van der Waals surface area contributed by atoms with E-state index in [1.807, 2.05) is 6.20 Å². The lowest BCUT2D eigenvalue weighted by Gasteiger charge is -2.28. The van der Waals surface area contributed by atoms with E-state index in [2.05, 4.69) is 31.8 Å². The van der Waals surface area contributed by atoms with Crippen molar-refractivity contribution in [2.45, 2.75) is 32.6 Å². The Balaban J connectivity index is 2.31. The molecule has 1 fully saturated rings. The minimum atomic E-state index is 0.510. The highest BCUT2D eigenvalue weighted by Crippen LogP contribution is 2.28. The number of hydrogen-bond acceptors (Lipinski definition) is 2. The summed E-state index contributed by atoms with van der Waals surface area (Å²) in [5.41, 5.74) is 3.91. The van der Waals surface area contributed by atoms with Crippen LogP contribution in [0.15, 0.2) is 12.3 Å². The van der Waals surface area contributed by atoms with Gasteiger partial charge < -0.3 is 4.74 Å². The first-order chi connectivity index (χ1) is 6.68. The van der Waals surface area contributed by atoms with Crippen molar-refractivity contribution in [1.29, 1.82) is 0 Å². The summed E-state index contributed by atoms with van der Waals surface area (Å²) in [4.78, 5) is 4.44. The lowest BCUT2D eigenvalue weighted by atomic mass is 9.92. The van der Waals surface area contributed by atoms with Crippen molar-refractivity contribution < 1.29 is 4.74 Å². The Morgan fingerprint density at radius 1 is 1.43 bits per heavy atom. The molecule has 0 aromatic carbocycles. The molecule has 0 atom stereocenters. The summed E-state index contributed by atoms with van der Waals surface area (Å²) >= 11 is 0. The Bertz CT molecular complexity index is 329. The number of pyridine rings is 1. The molecule has 0 radical (unpaired) electrons. The zero-order valence-corrected chi connectivity index (χ0v) is 9.08. The van der Waals surface area contributed by atoms with Crippen LogP contribution in [0.4, 0.5) is 0 Å². The fourth-order valence-corrected chi connectivity index (χ4v) is 1.73. The van der Waals surface area contributed by atoms with Crippen LogP contribution in [0.25, 0.3) is 0 Å². The van der Waals surface area contributed by atoms with E-state index < -0.39 is 0 Å². The molecule has 1 aliphatic rings. The van der Waals surface area contributed by atoms with E-state index in [1.54, 1.807) is 0 Å². The van der Waals surface area contributed by atoms with Crippen LogP contribution in [0.1, 0.15) is 42.5 Å². The molecule has 2 nitrogen and oxygen atoms in total. The topological polar surface area (TPSA) is 22.1 Å². The van der Waals surface area contributed by atoms with Gasteiger partial charge in [-0.25, -0.2) is 0 Å². The average molecular weight is 191 g/mol. The molecule has 0 saturated carbocycles. The van der Waals surface area contributed by atoms with Gasteiger partial charge in [0.15, 0.2) is 0 Å². The van der Waals surface area contributed by atoms with E-state index in [0.717, 1.165) is 13.2 Å². The van der Waals surface area contributed by atoms with E-state index in [1.165, 1.54) is 16.8 Å². The first kappa shape index (κ1) is 9.66. The van der Waals surface area contributed by atoms with Crippen molar-refractivity contribution in [2.24, 2.45) is 0 Å². The van der Waals surface area contributed by atoms with Crippen LogP contribution in [0.3, 0.4) is 0 Å². The van der Waals surface area contributed by atoms with Crippen LogP contribution in [0, 0.1) is 6.92 Å². The van der Waals surface area contributed by atoms with Gasteiger partial charge in [0.05, 0.1) is 13.2 Å². The van der Waals surface area contributed by atoms with Crippen LogP contribution < -0.4 is 0 Å². The summed E-state index contributed by atoms with van der Waals surface area (Å²) in [5, 5.41) is 0. The zero-order valence-electron chi connectivity index (χ0n) is 9.08. The van der Waals surface area contributed by atoms with Crippen LogP contribution in [-0.2, 0) is 4.74 Å². The molecule has 1 aromatic heterocycles. The molecule has 0 aliphatic carbocycles. The molecule has 0 spiro atoms. The molecule has 2 heterocycles. The smallest absolute Gasteiger partial charge is 0.0557 e. The van der Waals surface area contributed by atoms with Crippen LogP contribution in [0.5, 0.6) is 0 Å². The minimum Gasteiger partial charge on any atom is -0.380 e. The lowest BCUT2D eigenvalue weighted by Crippen LogP contribution is -2.26. The Hall–Kier alpha value is -0.890. The maximum absolute atomic E-state index is 5.22. The summed E-state index contributed by atoms with van der Waals surface area (Å²) < 4.78 is 5.22. The van der Waals surface area contributed by atoms with Crippen molar-refractivity contribution in [3.63, 3.8) is 0 Å². The van der Waals surface area contributed by atoms with Crippen LogP contribution in [-0.4, -0.2) is 18.2 Å². The molecule has 2 heteroatoms. The molecular formula is C12H17NO. The van der Waals surface area contributed by atoms with Gasteiger partial charge in [0, 0.05) is 17.8 Å². The molecule has 2 rings (SSSR count). The predicted octanol–water partition coefficient (Wildman–Crippen LogP) is 2.63. The Kier molecular flexibility index (Phi) is 2.55. The monoisotopic (exact) mass is 191 g/mol. The number of rotatable bonds is 2. The van der Waals surface area contributed by atoms with Gasteiger partial charge in [-0.05, 0) is 30.0 Å². The van der Waals surface area contributed by atoms with Crippen LogP contribution >= 0.6 is 0 Å². The average Bonchev–Trinajstić information content (AvgIpc) is 2.05. The van der Waals surface area contributed by atoms with E-state index in [-0.39, 0.29) is 0 Å². The quantitative estimate of drug-likeness (QED) is 0.717. The van der Waals surface area contributed by atoms with Crippen molar-refractivity contribution in [2.75, 3.05) is 13.2 Å². The highest BCUT2D eigenvalue weighted by atomic mass is 16.5. The Morgan fingerprint density at radius 3 is 2.64 bits per heavy atom. The molecule has 1 aliphatic heterocycles. The predicted molar refractivity (Wildman–Crippen MR) is 56.6 cm³/mol. The molecule has 1 aromatic rings. The molecule has 1 saturated heterocycles. The number of aryl methyl sites for hydroxylation is 1. The summed E-state index contributed by atoms with van der Waals surface area (Å²) in [6.07, 6.45) is 1.99. The third kappa shape index (κ3) is 1.67. The zero-order chi connectivity index (χ0) is 10.1. The number of aromatic nitrogens is 1. The summed E-state index contributed by atoms with van der Waals surface area (Å²) in [6.45, 7) is 8.24. The summed E-state index contributed by atoms with van der Waals surface area (Å²) in [7, 11) is 0. The standard InChI is InChI=1S/C12H17NO/c1-8(2)12-4-11(9(3)5-13-12)10-6-14-7-10/h4-5,8,10H,6-7H2,1-3H3. The van der Waals surface area contributed by atoms with Gasteiger partial charge in [-0.2, -0.15) is 0 Å². The Morgan fingerprint density at radius 2 is 2.14 bits per heavy atom. The molecule has 76 valence electrons. The van der Waals surface area contributed by atoms with E-state index in [0.29, 0.717) is 11.8 Å². The molecular weight excluding hydrogens is 174 g/mol. The highest BCUT2D eigenvalue weighted by molar-refractivity contribution is 5.31. The third-order valence-electron chi connectivity index (χ3n) is 2.84. The largest absolute Gasteiger partial charge is 0.380 e. The van der Waals surface area contributed by atoms with Gasteiger partial charge >= 0.3 is 0 Å². The van der Waals surface area contributed by atoms with E-state index in [4.69, 9.17) is 4.74 Å². The van der Waals surface area contributed by atoms with Gasteiger partial charge in [-0.1, -0.05) is 13.8 Å². The lowest BCUT2D eigenvalue weighted by molar-refractivity contribution is 0.00810. The fourth-order valence-electron chi connectivity index (χ4n) is 1.73. The first-order valence-electron chi connectivity index (χ1n) is 5.22. The van der Waals surface area contributed by atoms with Crippen molar-refractivity contribution in [3.8, 4) is 0 Å². The number of hydrogen-bond donors (Lipinski definition) is 0. The van der Waals surface area contributed by atoms with Crippen molar-refractivity contribution >= 4 is 0 Å². The first-order valence-corrected chi connectivity index (χ1v) is 5.22. The summed E-state index contributed by atoms with van der Waals surface area (Å²) in [5.74, 6) is 1.12. The SMILES string of the molecule is Cc1cnc(C(C)C)cc1C1COC1. The minimum absolute atomic E-state index is 0.510.